The first-order valence-electron chi connectivity index (χ1n) is 7.22. The fourth-order valence-corrected chi connectivity index (χ4v) is 2.16. The van der Waals surface area contributed by atoms with Crippen molar-refractivity contribution in [3.8, 4) is 11.8 Å². The highest BCUT2D eigenvalue weighted by molar-refractivity contribution is 5.48. The van der Waals surface area contributed by atoms with Gasteiger partial charge in [-0.05, 0) is 12.1 Å². The smallest absolute Gasteiger partial charge is 0.419 e. The van der Waals surface area contributed by atoms with Crippen LogP contribution >= 0.6 is 0 Å². The molecule has 1 heterocycles. The lowest BCUT2D eigenvalue weighted by molar-refractivity contribution is -0.139. The Labute approximate surface area is 142 Å². The molecule has 6 nitrogen and oxygen atoms in total. The molecule has 0 radical (unpaired) electrons. The minimum Gasteiger partial charge on any atom is -0.490 e. The van der Waals surface area contributed by atoms with Gasteiger partial charge in [0.2, 0.25) is 0 Å². The number of rotatable bonds is 6. The molecular weight excluding hydrogens is 337 g/mol. The van der Waals surface area contributed by atoms with E-state index < -0.39 is 17.8 Å². The van der Waals surface area contributed by atoms with E-state index in [-0.39, 0.29) is 30.4 Å². The second kappa shape index (κ2) is 7.81. The first kappa shape index (κ1) is 18.5. The van der Waals surface area contributed by atoms with Crippen molar-refractivity contribution in [2.45, 2.75) is 12.3 Å². The zero-order valence-electron chi connectivity index (χ0n) is 13.2. The van der Waals surface area contributed by atoms with Gasteiger partial charge in [0.25, 0.3) is 0 Å². The Bertz CT molecular complexity index is 762. The molecule has 2 aromatic rings. The Kier molecular flexibility index (Phi) is 5.77. The van der Waals surface area contributed by atoms with Crippen LogP contribution in [0.1, 0.15) is 11.3 Å². The van der Waals surface area contributed by atoms with Crippen molar-refractivity contribution in [2.75, 3.05) is 25.1 Å². The number of aromatic nitrogens is 2. The summed E-state index contributed by atoms with van der Waals surface area (Å²) in [6.45, 7) is -0.346. The SMILES string of the molecule is CN(C[C@@H](O)COc1ccccc1C(F)(F)F)c1nccnc1C#N. The van der Waals surface area contributed by atoms with E-state index >= 15 is 0 Å². The predicted octanol–water partition coefficient (Wildman–Crippen LogP) is 2.24. The maximum atomic E-state index is 12.9. The van der Waals surface area contributed by atoms with Crippen molar-refractivity contribution >= 4 is 5.82 Å². The van der Waals surface area contributed by atoms with Crippen LogP contribution in [0.2, 0.25) is 0 Å². The van der Waals surface area contributed by atoms with E-state index in [1.54, 1.807) is 7.05 Å². The van der Waals surface area contributed by atoms with Gasteiger partial charge in [-0.2, -0.15) is 18.4 Å². The summed E-state index contributed by atoms with van der Waals surface area (Å²) in [7, 11) is 1.58. The number of alkyl halides is 3. The Morgan fingerprint density at radius 2 is 1.96 bits per heavy atom. The average molecular weight is 352 g/mol. The summed E-state index contributed by atoms with van der Waals surface area (Å²) in [6, 6.07) is 6.66. The van der Waals surface area contributed by atoms with E-state index in [4.69, 9.17) is 10.00 Å². The fraction of sp³-hybridized carbons (Fsp3) is 0.312. The Balaban J connectivity index is 2.00. The summed E-state index contributed by atoms with van der Waals surface area (Å²) in [6.07, 6.45) is -2.88. The summed E-state index contributed by atoms with van der Waals surface area (Å²) >= 11 is 0. The lowest BCUT2D eigenvalue weighted by Gasteiger charge is -2.22. The van der Waals surface area contributed by atoms with Crippen LogP contribution in [0.15, 0.2) is 36.7 Å². The van der Waals surface area contributed by atoms with Gasteiger partial charge in [0.15, 0.2) is 11.5 Å². The van der Waals surface area contributed by atoms with E-state index in [1.165, 1.54) is 35.5 Å². The minimum atomic E-state index is -4.54. The minimum absolute atomic E-state index is 0.00155. The normalized spacial score (nSPS) is 12.3. The van der Waals surface area contributed by atoms with Crippen LogP contribution in [0.3, 0.4) is 0 Å². The summed E-state index contributed by atoms with van der Waals surface area (Å²) in [4.78, 5) is 9.34. The van der Waals surface area contributed by atoms with Crippen molar-refractivity contribution in [3.63, 3.8) is 0 Å². The van der Waals surface area contributed by atoms with Gasteiger partial charge in [0, 0.05) is 26.0 Å². The highest BCUT2D eigenvalue weighted by Gasteiger charge is 2.34. The average Bonchev–Trinajstić information content (AvgIpc) is 2.59. The van der Waals surface area contributed by atoms with Crippen LogP contribution in [0.5, 0.6) is 5.75 Å². The molecule has 0 aliphatic rings. The summed E-state index contributed by atoms with van der Waals surface area (Å²) < 4.78 is 43.8. The number of para-hydroxylation sites is 1. The molecule has 1 aromatic heterocycles. The van der Waals surface area contributed by atoms with Crippen LogP contribution in [0.25, 0.3) is 0 Å². The predicted molar refractivity (Wildman–Crippen MR) is 83.0 cm³/mol. The molecule has 0 spiro atoms. The second-order valence-corrected chi connectivity index (χ2v) is 5.18. The van der Waals surface area contributed by atoms with E-state index in [2.05, 4.69) is 9.97 Å². The number of hydrogen-bond acceptors (Lipinski definition) is 6. The van der Waals surface area contributed by atoms with Crippen LogP contribution in [0.4, 0.5) is 19.0 Å². The molecule has 132 valence electrons. The Morgan fingerprint density at radius 3 is 2.64 bits per heavy atom. The third-order valence-corrected chi connectivity index (χ3v) is 3.25. The van der Waals surface area contributed by atoms with Crippen LogP contribution in [-0.2, 0) is 6.18 Å². The third kappa shape index (κ3) is 4.81. The number of aliphatic hydroxyl groups is 1. The first-order chi connectivity index (χ1) is 11.8. The van der Waals surface area contributed by atoms with E-state index in [0.29, 0.717) is 0 Å². The zero-order valence-corrected chi connectivity index (χ0v) is 13.2. The lowest BCUT2D eigenvalue weighted by atomic mass is 10.2. The number of ether oxygens (including phenoxy) is 1. The summed E-state index contributed by atoms with van der Waals surface area (Å²) in [5, 5.41) is 19.0. The molecule has 0 fully saturated rings. The number of hydrogen-bond donors (Lipinski definition) is 1. The molecule has 1 atom stereocenters. The monoisotopic (exact) mass is 352 g/mol. The number of halogens is 3. The second-order valence-electron chi connectivity index (χ2n) is 5.18. The Morgan fingerprint density at radius 1 is 1.28 bits per heavy atom. The van der Waals surface area contributed by atoms with Crippen LogP contribution in [-0.4, -0.2) is 41.4 Å². The van der Waals surface area contributed by atoms with Gasteiger partial charge in [-0.3, -0.25) is 0 Å². The third-order valence-electron chi connectivity index (χ3n) is 3.25. The topological polar surface area (TPSA) is 82.3 Å². The molecule has 9 heteroatoms. The highest BCUT2D eigenvalue weighted by atomic mass is 19.4. The molecular formula is C16H15F3N4O2. The van der Waals surface area contributed by atoms with Gasteiger partial charge in [-0.1, -0.05) is 12.1 Å². The van der Waals surface area contributed by atoms with Gasteiger partial charge in [-0.15, -0.1) is 0 Å². The maximum Gasteiger partial charge on any atom is 0.419 e. The van der Waals surface area contributed by atoms with Crippen molar-refractivity contribution < 1.29 is 23.0 Å². The van der Waals surface area contributed by atoms with Crippen LogP contribution < -0.4 is 9.64 Å². The standard InChI is InChI=1S/C16H15F3N4O2/c1-23(15-13(8-20)21-6-7-22-15)9-11(24)10-25-14-5-3-2-4-12(14)16(17,18)19/h2-7,11,24H,9-10H2,1H3/t11-/m1/s1. The zero-order chi connectivity index (χ0) is 18.4. The molecule has 0 saturated heterocycles. The van der Waals surface area contributed by atoms with Crippen molar-refractivity contribution in [2.24, 2.45) is 0 Å². The van der Waals surface area contributed by atoms with Gasteiger partial charge in [-0.25, -0.2) is 9.97 Å². The number of benzene rings is 1. The first-order valence-corrected chi connectivity index (χ1v) is 7.22. The van der Waals surface area contributed by atoms with Crippen LogP contribution in [0, 0.1) is 11.3 Å². The Hall–Kier alpha value is -2.86. The van der Waals surface area contributed by atoms with E-state index in [9.17, 15) is 18.3 Å². The van der Waals surface area contributed by atoms with Gasteiger partial charge >= 0.3 is 6.18 Å². The highest BCUT2D eigenvalue weighted by Crippen LogP contribution is 2.35. The van der Waals surface area contributed by atoms with E-state index in [1.807, 2.05) is 6.07 Å². The molecule has 0 aliphatic heterocycles. The molecule has 0 unspecified atom stereocenters. The quantitative estimate of drug-likeness (QED) is 0.859. The van der Waals surface area contributed by atoms with Crippen molar-refractivity contribution in [1.29, 1.82) is 5.26 Å². The number of anilines is 1. The number of nitriles is 1. The van der Waals surface area contributed by atoms with Crippen molar-refractivity contribution in [1.82, 2.24) is 9.97 Å². The molecule has 1 aromatic carbocycles. The van der Waals surface area contributed by atoms with E-state index in [0.717, 1.165) is 6.07 Å². The number of nitrogens with zero attached hydrogens (tertiary/aromatic N) is 4. The largest absolute Gasteiger partial charge is 0.490 e. The van der Waals surface area contributed by atoms with Gasteiger partial charge in [0.05, 0.1) is 5.56 Å². The summed E-state index contributed by atoms with van der Waals surface area (Å²) in [5.74, 6) is -0.0892. The number of aliphatic hydroxyl groups excluding tert-OH is 1. The maximum absolute atomic E-state index is 12.9. The molecule has 2 rings (SSSR count). The molecule has 0 bridgehead atoms. The fourth-order valence-electron chi connectivity index (χ4n) is 2.16. The molecule has 25 heavy (non-hydrogen) atoms. The van der Waals surface area contributed by atoms with Gasteiger partial charge in [0.1, 0.15) is 24.5 Å². The summed E-state index contributed by atoms with van der Waals surface area (Å²) in [5.41, 5.74) is -0.822. The molecule has 0 saturated carbocycles. The lowest BCUT2D eigenvalue weighted by Crippen LogP contribution is -2.34. The molecule has 0 amide bonds. The van der Waals surface area contributed by atoms with Crippen molar-refractivity contribution in [3.05, 3.63) is 47.9 Å². The number of likely N-dealkylation sites (N-methyl/N-ethyl adjacent to an activating group) is 1. The molecule has 1 N–H and O–H groups in total. The molecule has 0 aliphatic carbocycles. The van der Waals surface area contributed by atoms with Gasteiger partial charge < -0.3 is 14.7 Å².